The third-order valence-corrected chi connectivity index (χ3v) is 5.12. The third kappa shape index (κ3) is 3.37. The number of aromatic carboxylic acids is 1. The van der Waals surface area contributed by atoms with Crippen LogP contribution in [0, 0.1) is 0 Å². The molecule has 0 radical (unpaired) electrons. The molecule has 0 unspecified atom stereocenters. The van der Waals surface area contributed by atoms with Gasteiger partial charge in [-0.2, -0.15) is 5.10 Å². The Morgan fingerprint density at radius 2 is 1.87 bits per heavy atom. The van der Waals surface area contributed by atoms with Crippen LogP contribution >= 0.6 is 0 Å². The first-order chi connectivity index (χ1) is 14.7. The molecule has 30 heavy (non-hydrogen) atoms. The van der Waals surface area contributed by atoms with Crippen molar-refractivity contribution in [2.45, 2.75) is 0 Å². The van der Waals surface area contributed by atoms with Crippen LogP contribution in [0.2, 0.25) is 0 Å². The first-order valence-electron chi connectivity index (χ1n) is 9.67. The number of anilines is 1. The van der Waals surface area contributed by atoms with Gasteiger partial charge >= 0.3 is 5.97 Å². The maximum absolute atomic E-state index is 11.4. The predicted molar refractivity (Wildman–Crippen MR) is 114 cm³/mol. The largest absolute Gasteiger partial charge is 0.478 e. The van der Waals surface area contributed by atoms with Crippen molar-refractivity contribution in [3.05, 3.63) is 65.7 Å². The molecule has 1 aromatic carbocycles. The van der Waals surface area contributed by atoms with E-state index >= 15 is 0 Å². The highest BCUT2D eigenvalue weighted by Crippen LogP contribution is 2.22. The number of hydrogen-bond donors (Lipinski definition) is 1. The maximum Gasteiger partial charge on any atom is 0.336 e. The minimum absolute atomic E-state index is 0.248. The number of morpholine rings is 1. The number of carboxylic acid groups (broad SMARTS) is 1. The highest BCUT2D eigenvalue weighted by atomic mass is 16.5. The Hall–Kier alpha value is -3.78. The second-order valence-corrected chi connectivity index (χ2v) is 7.00. The first kappa shape index (κ1) is 18.3. The summed E-state index contributed by atoms with van der Waals surface area (Å²) in [5.41, 5.74) is 4.23. The lowest BCUT2D eigenvalue weighted by Crippen LogP contribution is -2.36. The van der Waals surface area contributed by atoms with Gasteiger partial charge in [0.1, 0.15) is 0 Å². The third-order valence-electron chi connectivity index (χ3n) is 5.12. The molecule has 4 aromatic rings. The number of carboxylic acids is 1. The van der Waals surface area contributed by atoms with E-state index in [1.807, 2.05) is 30.5 Å². The van der Waals surface area contributed by atoms with Crippen LogP contribution in [0.15, 0.2) is 48.8 Å². The molecular formula is C22H19N5O3. The van der Waals surface area contributed by atoms with E-state index in [1.165, 1.54) is 0 Å². The average Bonchev–Trinajstić information content (AvgIpc) is 3.21. The molecule has 0 atom stereocenters. The molecule has 1 fully saturated rings. The fraction of sp³-hybridized carbons (Fsp3) is 0.182. The van der Waals surface area contributed by atoms with Gasteiger partial charge < -0.3 is 14.7 Å². The smallest absolute Gasteiger partial charge is 0.336 e. The average molecular weight is 401 g/mol. The molecule has 8 heteroatoms. The van der Waals surface area contributed by atoms with Crippen LogP contribution in [0.25, 0.3) is 28.7 Å². The monoisotopic (exact) mass is 401 g/mol. The van der Waals surface area contributed by atoms with E-state index in [1.54, 1.807) is 35.0 Å². The maximum atomic E-state index is 11.4. The van der Waals surface area contributed by atoms with Crippen LogP contribution < -0.4 is 4.90 Å². The number of hydrogen-bond acceptors (Lipinski definition) is 6. The Kier molecular flexibility index (Phi) is 4.61. The van der Waals surface area contributed by atoms with Crippen LogP contribution in [0.5, 0.6) is 0 Å². The van der Waals surface area contributed by atoms with Gasteiger partial charge in [-0.1, -0.05) is 6.07 Å². The van der Waals surface area contributed by atoms with Gasteiger partial charge in [-0.25, -0.2) is 19.3 Å². The topological polar surface area (TPSA) is 92.8 Å². The molecule has 0 saturated carbocycles. The van der Waals surface area contributed by atoms with E-state index in [4.69, 9.17) is 9.72 Å². The van der Waals surface area contributed by atoms with Gasteiger partial charge in [0.05, 0.1) is 53.8 Å². The van der Waals surface area contributed by atoms with Crippen LogP contribution in [0.3, 0.4) is 0 Å². The number of carbonyl (C=O) groups is 1. The molecule has 1 N–H and O–H groups in total. The quantitative estimate of drug-likeness (QED) is 0.562. The molecule has 0 amide bonds. The molecule has 0 bridgehead atoms. The molecule has 5 rings (SSSR count). The van der Waals surface area contributed by atoms with Crippen LogP contribution in [0.1, 0.15) is 21.7 Å². The molecule has 8 nitrogen and oxygen atoms in total. The number of imidazole rings is 1. The van der Waals surface area contributed by atoms with Crippen molar-refractivity contribution in [2.75, 3.05) is 31.2 Å². The van der Waals surface area contributed by atoms with E-state index in [9.17, 15) is 9.90 Å². The molecule has 150 valence electrons. The fourth-order valence-electron chi connectivity index (χ4n) is 3.65. The number of aromatic nitrogens is 4. The molecule has 4 heterocycles. The summed E-state index contributed by atoms with van der Waals surface area (Å²) in [6, 6.07) is 10.7. The van der Waals surface area contributed by atoms with Gasteiger partial charge in [0.2, 0.25) is 0 Å². The Balaban J connectivity index is 1.46. The lowest BCUT2D eigenvalue weighted by Gasteiger charge is -2.28. The standard InChI is InChI=1S/C22H19N5O3/c28-22(29)18-2-1-3-19-17(18)7-6-15(24-19)4-5-16-14-27-21(25-16)20(8-9-23-27)26-10-12-30-13-11-26/h1-9,14H,10-13H2,(H,28,29)/b5-4+. The minimum Gasteiger partial charge on any atom is -0.478 e. The Morgan fingerprint density at radius 1 is 1.03 bits per heavy atom. The second-order valence-electron chi connectivity index (χ2n) is 7.00. The van der Waals surface area contributed by atoms with Crippen molar-refractivity contribution in [1.82, 2.24) is 19.6 Å². The Labute approximate surface area is 172 Å². The van der Waals surface area contributed by atoms with Gasteiger partial charge in [0, 0.05) is 18.5 Å². The van der Waals surface area contributed by atoms with Gasteiger partial charge in [-0.05, 0) is 42.5 Å². The molecule has 0 spiro atoms. The number of benzene rings is 1. The summed E-state index contributed by atoms with van der Waals surface area (Å²) in [5.74, 6) is -0.959. The SMILES string of the molecule is O=C(O)c1cccc2nc(/C=C/c3cn4nccc(N5CCOCC5)c4n3)ccc12. The fourth-order valence-corrected chi connectivity index (χ4v) is 3.65. The molecule has 1 saturated heterocycles. The number of pyridine rings is 1. The van der Waals surface area contributed by atoms with Gasteiger partial charge in [-0.3, -0.25) is 0 Å². The van der Waals surface area contributed by atoms with Gasteiger partial charge in [0.15, 0.2) is 5.65 Å². The van der Waals surface area contributed by atoms with Crippen LogP contribution in [0.4, 0.5) is 5.69 Å². The van der Waals surface area contributed by atoms with Crippen molar-refractivity contribution in [2.24, 2.45) is 0 Å². The van der Waals surface area contributed by atoms with E-state index in [0.717, 1.165) is 35.8 Å². The van der Waals surface area contributed by atoms with Crippen LogP contribution in [-0.4, -0.2) is 57.0 Å². The lowest BCUT2D eigenvalue weighted by atomic mass is 10.1. The first-order valence-corrected chi connectivity index (χ1v) is 9.67. The summed E-state index contributed by atoms with van der Waals surface area (Å²) >= 11 is 0. The summed E-state index contributed by atoms with van der Waals surface area (Å²) in [5, 5.41) is 14.3. The van der Waals surface area contributed by atoms with E-state index < -0.39 is 5.97 Å². The van der Waals surface area contributed by atoms with Gasteiger partial charge in [0.25, 0.3) is 0 Å². The highest BCUT2D eigenvalue weighted by Gasteiger charge is 2.16. The molecule has 3 aromatic heterocycles. The lowest BCUT2D eigenvalue weighted by molar-refractivity contribution is 0.0699. The van der Waals surface area contributed by atoms with E-state index in [2.05, 4.69) is 15.0 Å². The summed E-state index contributed by atoms with van der Waals surface area (Å²) in [6.45, 7) is 3.08. The summed E-state index contributed by atoms with van der Waals surface area (Å²) in [4.78, 5) is 22.9. The second kappa shape index (κ2) is 7.57. The van der Waals surface area contributed by atoms with Crippen molar-refractivity contribution in [3.8, 4) is 0 Å². The number of fused-ring (bicyclic) bond motifs is 2. The van der Waals surface area contributed by atoms with E-state index in [-0.39, 0.29) is 5.56 Å². The minimum atomic E-state index is -0.959. The highest BCUT2D eigenvalue weighted by molar-refractivity contribution is 6.02. The number of nitrogens with zero attached hydrogens (tertiary/aromatic N) is 5. The van der Waals surface area contributed by atoms with E-state index in [0.29, 0.717) is 24.1 Å². The van der Waals surface area contributed by atoms with Crippen molar-refractivity contribution >= 4 is 40.4 Å². The van der Waals surface area contributed by atoms with Crippen molar-refractivity contribution < 1.29 is 14.6 Å². The molecular weight excluding hydrogens is 382 g/mol. The predicted octanol–water partition coefficient (Wildman–Crippen LogP) is 2.98. The summed E-state index contributed by atoms with van der Waals surface area (Å²) in [7, 11) is 0. The Bertz CT molecular complexity index is 1270. The molecule has 1 aliphatic heterocycles. The van der Waals surface area contributed by atoms with Gasteiger partial charge in [-0.15, -0.1) is 0 Å². The Morgan fingerprint density at radius 3 is 2.70 bits per heavy atom. The van der Waals surface area contributed by atoms with Crippen LogP contribution in [-0.2, 0) is 4.74 Å². The van der Waals surface area contributed by atoms with Crippen molar-refractivity contribution in [3.63, 3.8) is 0 Å². The number of ether oxygens (including phenoxy) is 1. The molecule has 1 aliphatic rings. The zero-order valence-electron chi connectivity index (χ0n) is 16.1. The zero-order chi connectivity index (χ0) is 20.5. The zero-order valence-corrected chi connectivity index (χ0v) is 16.1. The number of rotatable bonds is 4. The summed E-state index contributed by atoms with van der Waals surface area (Å²) in [6.07, 6.45) is 7.40. The normalized spacial score (nSPS) is 14.7. The van der Waals surface area contributed by atoms with Crippen molar-refractivity contribution in [1.29, 1.82) is 0 Å². The molecule has 0 aliphatic carbocycles. The summed E-state index contributed by atoms with van der Waals surface area (Å²) < 4.78 is 7.22.